The van der Waals surface area contributed by atoms with Crippen molar-refractivity contribution in [3.63, 3.8) is 0 Å². The van der Waals surface area contributed by atoms with Crippen LogP contribution in [0.2, 0.25) is 0 Å². The highest BCUT2D eigenvalue weighted by Gasteiger charge is 2.42. The normalized spacial score (nSPS) is 16.6. The van der Waals surface area contributed by atoms with Gasteiger partial charge in [0.2, 0.25) is 0 Å². The zero-order valence-corrected chi connectivity index (χ0v) is 19.5. The molecule has 168 valence electrons. The average molecular weight is 466 g/mol. The Morgan fingerprint density at radius 1 is 0.794 bits per heavy atom. The minimum Gasteiger partial charge on any atom is -0.497 e. The van der Waals surface area contributed by atoms with Crippen molar-refractivity contribution < 1.29 is 13.2 Å². The van der Waals surface area contributed by atoms with Crippen LogP contribution >= 0.6 is 0 Å². The smallest absolute Gasteiger partial charge is 0.264 e. The van der Waals surface area contributed by atoms with E-state index < -0.39 is 10.0 Å². The molecule has 0 aromatic heterocycles. The molecule has 1 atom stereocenters. The molecule has 0 amide bonds. The summed E-state index contributed by atoms with van der Waals surface area (Å²) in [5.41, 5.74) is 7.31. The van der Waals surface area contributed by atoms with Gasteiger partial charge in [-0.3, -0.25) is 4.31 Å². The molecule has 2 aliphatic rings. The third-order valence-corrected chi connectivity index (χ3v) is 8.52. The van der Waals surface area contributed by atoms with E-state index in [9.17, 15) is 8.42 Å². The van der Waals surface area contributed by atoms with E-state index in [1.807, 2.05) is 54.6 Å². The van der Waals surface area contributed by atoms with E-state index in [2.05, 4.69) is 24.3 Å². The highest BCUT2D eigenvalue weighted by atomic mass is 32.2. The molecule has 0 radical (unpaired) electrons. The minimum absolute atomic E-state index is 0.0792. The molecule has 0 saturated heterocycles. The van der Waals surface area contributed by atoms with Gasteiger partial charge >= 0.3 is 0 Å². The molecule has 4 aromatic carbocycles. The molecule has 4 nitrogen and oxygen atoms in total. The summed E-state index contributed by atoms with van der Waals surface area (Å²) >= 11 is 0. The fraction of sp³-hybridized carbons (Fsp3) is 0.103. The van der Waals surface area contributed by atoms with E-state index in [1.54, 1.807) is 35.7 Å². The maximum absolute atomic E-state index is 13.8. The summed E-state index contributed by atoms with van der Waals surface area (Å²) in [5.74, 6) is 0.706. The highest BCUT2D eigenvalue weighted by molar-refractivity contribution is 7.92. The van der Waals surface area contributed by atoms with Crippen molar-refractivity contribution in [1.82, 2.24) is 0 Å². The Kier molecular flexibility index (Phi) is 4.82. The molecule has 0 N–H and O–H groups in total. The van der Waals surface area contributed by atoms with Crippen LogP contribution in [0, 0.1) is 0 Å². The Labute approximate surface area is 199 Å². The fourth-order valence-electron chi connectivity index (χ4n) is 5.22. The number of para-hydroxylation sites is 1. The fourth-order valence-corrected chi connectivity index (χ4v) is 6.73. The van der Waals surface area contributed by atoms with Gasteiger partial charge in [-0.2, -0.15) is 0 Å². The number of rotatable bonds is 4. The Morgan fingerprint density at radius 2 is 1.47 bits per heavy atom. The van der Waals surface area contributed by atoms with Crippen LogP contribution in [0.3, 0.4) is 0 Å². The summed E-state index contributed by atoms with van der Waals surface area (Å²) in [7, 11) is -2.06. The monoisotopic (exact) mass is 465 g/mol. The van der Waals surface area contributed by atoms with E-state index in [0.29, 0.717) is 17.1 Å². The van der Waals surface area contributed by atoms with Crippen LogP contribution in [0.15, 0.2) is 108 Å². The van der Waals surface area contributed by atoms with Crippen molar-refractivity contribution in [3.05, 3.63) is 125 Å². The molecule has 1 aliphatic heterocycles. The number of sulfonamides is 1. The van der Waals surface area contributed by atoms with E-state index in [1.165, 1.54) is 5.57 Å². The van der Waals surface area contributed by atoms with E-state index in [0.717, 1.165) is 33.6 Å². The molecular formula is C29H23NO3S. The van der Waals surface area contributed by atoms with Gasteiger partial charge < -0.3 is 4.74 Å². The first-order chi connectivity index (χ1) is 16.6. The number of ether oxygens (including phenoxy) is 1. The van der Waals surface area contributed by atoms with Gasteiger partial charge in [0.25, 0.3) is 10.0 Å². The van der Waals surface area contributed by atoms with Gasteiger partial charge in [-0.25, -0.2) is 8.42 Å². The maximum atomic E-state index is 13.8. The van der Waals surface area contributed by atoms with Gasteiger partial charge in [0.15, 0.2) is 0 Å². The zero-order valence-electron chi connectivity index (χ0n) is 18.7. The highest BCUT2D eigenvalue weighted by Crippen LogP contribution is 2.55. The van der Waals surface area contributed by atoms with Crippen molar-refractivity contribution >= 4 is 26.9 Å². The van der Waals surface area contributed by atoms with Crippen molar-refractivity contribution in [1.29, 1.82) is 0 Å². The molecule has 0 fully saturated rings. The van der Waals surface area contributed by atoms with Crippen LogP contribution in [0.4, 0.5) is 5.69 Å². The predicted octanol–water partition coefficient (Wildman–Crippen LogP) is 5.96. The van der Waals surface area contributed by atoms with E-state index in [-0.39, 0.29) is 5.92 Å². The molecule has 1 unspecified atom stereocenters. The Morgan fingerprint density at radius 3 is 2.21 bits per heavy atom. The summed E-state index contributed by atoms with van der Waals surface area (Å²) in [6.07, 6.45) is 0. The number of nitrogens with zero attached hydrogens (tertiary/aromatic N) is 1. The van der Waals surface area contributed by atoms with Crippen LogP contribution in [-0.4, -0.2) is 22.1 Å². The van der Waals surface area contributed by atoms with Gasteiger partial charge in [0.1, 0.15) is 5.75 Å². The molecule has 1 aliphatic carbocycles. The number of fused-ring (bicyclic) bond motifs is 5. The number of benzene rings is 4. The lowest BCUT2D eigenvalue weighted by Crippen LogP contribution is -2.38. The standard InChI is InChI=1S/C29H23NO3S/c1-33-21-16-17-23-25(18-21)28(20-10-4-2-5-11-20)29-24-14-8-9-15-27(24)30(19-26(23)29)34(31,32)22-12-6-3-7-13-22/h2-18,26H,19H2,1H3. The summed E-state index contributed by atoms with van der Waals surface area (Å²) in [6.45, 7) is 0.346. The first-order valence-electron chi connectivity index (χ1n) is 11.2. The maximum Gasteiger partial charge on any atom is 0.264 e. The van der Waals surface area contributed by atoms with Crippen LogP contribution in [-0.2, 0) is 10.0 Å². The summed E-state index contributed by atoms with van der Waals surface area (Å²) < 4.78 is 34.7. The van der Waals surface area contributed by atoms with Crippen molar-refractivity contribution in [3.8, 4) is 5.75 Å². The molecule has 34 heavy (non-hydrogen) atoms. The molecule has 6 rings (SSSR count). The summed E-state index contributed by atoms with van der Waals surface area (Å²) in [5, 5.41) is 0. The van der Waals surface area contributed by atoms with Crippen molar-refractivity contribution in [2.24, 2.45) is 0 Å². The average Bonchev–Trinajstić information content (AvgIpc) is 3.23. The topological polar surface area (TPSA) is 46.6 Å². The van der Waals surface area contributed by atoms with Crippen LogP contribution in [0.5, 0.6) is 5.75 Å². The van der Waals surface area contributed by atoms with Crippen molar-refractivity contribution in [2.45, 2.75) is 10.8 Å². The number of hydrogen-bond donors (Lipinski definition) is 0. The summed E-state index contributed by atoms with van der Waals surface area (Å²) in [4.78, 5) is 0.300. The van der Waals surface area contributed by atoms with Crippen LogP contribution in [0.25, 0.3) is 11.1 Å². The zero-order chi connectivity index (χ0) is 23.3. The van der Waals surface area contributed by atoms with E-state index >= 15 is 0 Å². The van der Waals surface area contributed by atoms with Gasteiger partial charge in [0, 0.05) is 18.0 Å². The second kappa shape index (κ2) is 7.89. The number of methoxy groups -OCH3 is 1. The van der Waals surface area contributed by atoms with Gasteiger partial charge in [-0.05, 0) is 58.2 Å². The van der Waals surface area contributed by atoms with Crippen molar-refractivity contribution in [2.75, 3.05) is 18.0 Å². The van der Waals surface area contributed by atoms with Gasteiger partial charge in [-0.15, -0.1) is 0 Å². The van der Waals surface area contributed by atoms with Gasteiger partial charge in [-0.1, -0.05) is 72.8 Å². The lowest BCUT2D eigenvalue weighted by atomic mass is 9.85. The largest absolute Gasteiger partial charge is 0.497 e. The lowest BCUT2D eigenvalue weighted by Gasteiger charge is -2.36. The first kappa shape index (κ1) is 20.8. The van der Waals surface area contributed by atoms with Crippen LogP contribution < -0.4 is 9.04 Å². The SMILES string of the molecule is COc1ccc2c(c1)C(c1ccccc1)=C1c3ccccc3N(S(=O)(=O)c3ccccc3)CC12. The number of anilines is 1. The molecule has 1 heterocycles. The second-order valence-corrected chi connectivity index (χ2v) is 10.4. The second-order valence-electron chi connectivity index (χ2n) is 8.53. The lowest BCUT2D eigenvalue weighted by molar-refractivity contribution is 0.414. The summed E-state index contributed by atoms with van der Waals surface area (Å²) in [6, 6.07) is 32.9. The van der Waals surface area contributed by atoms with Crippen LogP contribution in [0.1, 0.15) is 28.2 Å². The van der Waals surface area contributed by atoms with E-state index in [4.69, 9.17) is 4.74 Å². The quantitative estimate of drug-likeness (QED) is 0.374. The Bertz CT molecular complexity index is 1530. The molecule has 0 bridgehead atoms. The molecular weight excluding hydrogens is 442 g/mol. The third kappa shape index (κ3) is 3.08. The Hall–Kier alpha value is -3.83. The van der Waals surface area contributed by atoms with Gasteiger partial charge in [0.05, 0.1) is 17.7 Å². The minimum atomic E-state index is -3.73. The molecule has 4 aromatic rings. The number of hydrogen-bond acceptors (Lipinski definition) is 3. The molecule has 5 heteroatoms. The Balaban J connectivity index is 1.63. The first-order valence-corrected chi connectivity index (χ1v) is 12.7. The molecule has 0 saturated carbocycles. The molecule has 0 spiro atoms. The third-order valence-electron chi connectivity index (χ3n) is 6.73. The predicted molar refractivity (Wildman–Crippen MR) is 136 cm³/mol.